The molecule has 0 aliphatic rings. The van der Waals surface area contributed by atoms with Crippen LogP contribution in [-0.2, 0) is 5.75 Å². The van der Waals surface area contributed by atoms with Gasteiger partial charge in [-0.25, -0.2) is 0 Å². The molecule has 2 aromatic rings. The summed E-state index contributed by atoms with van der Waals surface area (Å²) in [6, 6.07) is 18.1. The van der Waals surface area contributed by atoms with E-state index in [9.17, 15) is 0 Å². The van der Waals surface area contributed by atoms with E-state index < -0.39 is 8.07 Å². The van der Waals surface area contributed by atoms with E-state index in [-0.39, 0.29) is 0 Å². The van der Waals surface area contributed by atoms with Crippen LogP contribution < -0.4 is 5.73 Å². The van der Waals surface area contributed by atoms with E-state index in [1.807, 2.05) is 42.5 Å². The van der Waals surface area contributed by atoms with Crippen molar-refractivity contribution in [3.8, 4) is 11.5 Å². The monoisotopic (exact) mass is 365 g/mol. The van der Waals surface area contributed by atoms with Gasteiger partial charge in [-0.3, -0.25) is 0 Å². The van der Waals surface area contributed by atoms with Gasteiger partial charge >= 0.3 is 0 Å². The van der Waals surface area contributed by atoms with Gasteiger partial charge in [0.05, 0.1) is 6.21 Å². The van der Waals surface area contributed by atoms with E-state index >= 15 is 0 Å². The van der Waals surface area contributed by atoms with Crippen molar-refractivity contribution in [3.05, 3.63) is 71.3 Å². The zero-order chi connectivity index (χ0) is 18.1. The highest BCUT2D eigenvalue weighted by molar-refractivity contribution is 8.13. The largest absolute Gasteiger partial charge is 0.377 e. The summed E-state index contributed by atoms with van der Waals surface area (Å²) in [5, 5.41) is 8.58. The maximum Gasteiger partial charge on any atom is 0.180 e. The molecule has 2 rings (SSSR count). The molecule has 2 aromatic carbocycles. The number of benzene rings is 2. The molecule has 0 saturated heterocycles. The molecule has 0 spiro atoms. The minimum absolute atomic E-state index is 0.454. The van der Waals surface area contributed by atoms with Crippen LogP contribution in [0.5, 0.6) is 0 Å². The van der Waals surface area contributed by atoms with Gasteiger partial charge in [0.2, 0.25) is 0 Å². The van der Waals surface area contributed by atoms with E-state index in [2.05, 4.69) is 53.4 Å². The van der Waals surface area contributed by atoms with Crippen LogP contribution in [0.2, 0.25) is 19.6 Å². The van der Waals surface area contributed by atoms with Crippen LogP contribution in [0.4, 0.5) is 0 Å². The molecule has 0 saturated carbocycles. The molecule has 2 N–H and O–H groups in total. The molecule has 0 aliphatic carbocycles. The Bertz CT molecular complexity index is 812. The van der Waals surface area contributed by atoms with Gasteiger partial charge in [0.15, 0.2) is 5.17 Å². The van der Waals surface area contributed by atoms with Crippen LogP contribution in [0.25, 0.3) is 0 Å². The minimum Gasteiger partial charge on any atom is -0.377 e. The van der Waals surface area contributed by atoms with Gasteiger partial charge in [0, 0.05) is 11.3 Å². The molecule has 5 heteroatoms. The van der Waals surface area contributed by atoms with Crippen molar-refractivity contribution in [2.45, 2.75) is 25.4 Å². The molecule has 0 unspecified atom stereocenters. The van der Waals surface area contributed by atoms with Crippen LogP contribution in [-0.4, -0.2) is 19.5 Å². The lowest BCUT2D eigenvalue weighted by Gasteiger charge is -2.03. The van der Waals surface area contributed by atoms with Crippen molar-refractivity contribution in [1.82, 2.24) is 0 Å². The van der Waals surface area contributed by atoms with Crippen molar-refractivity contribution < 1.29 is 0 Å². The minimum atomic E-state index is -1.37. The fraction of sp³-hybridized carbons (Fsp3) is 0.200. The zero-order valence-electron chi connectivity index (χ0n) is 14.9. The summed E-state index contributed by atoms with van der Waals surface area (Å²) in [4.78, 5) is 0. The predicted octanol–water partition coefficient (Wildman–Crippen LogP) is 4.50. The first kappa shape index (κ1) is 19.0. The van der Waals surface area contributed by atoms with Crippen molar-refractivity contribution in [2.24, 2.45) is 15.9 Å². The Morgan fingerprint density at radius 3 is 2.60 bits per heavy atom. The first-order chi connectivity index (χ1) is 11.9. The zero-order valence-corrected chi connectivity index (χ0v) is 16.7. The van der Waals surface area contributed by atoms with Crippen LogP contribution in [0.3, 0.4) is 0 Å². The Morgan fingerprint density at radius 2 is 1.88 bits per heavy atom. The Kier molecular flexibility index (Phi) is 7.05. The molecular formula is C20H23N3SSi. The fourth-order valence-electron chi connectivity index (χ4n) is 1.87. The molecule has 0 fully saturated rings. The van der Waals surface area contributed by atoms with Crippen molar-refractivity contribution in [2.75, 3.05) is 0 Å². The third-order valence-corrected chi connectivity index (χ3v) is 4.79. The average Bonchev–Trinajstić information content (AvgIpc) is 2.59. The summed E-state index contributed by atoms with van der Waals surface area (Å²) in [6.45, 7) is 6.70. The predicted molar refractivity (Wildman–Crippen MR) is 114 cm³/mol. The second-order valence-electron chi connectivity index (χ2n) is 6.58. The van der Waals surface area contributed by atoms with Crippen LogP contribution in [0.1, 0.15) is 16.7 Å². The molecule has 0 aromatic heterocycles. The molecule has 0 heterocycles. The smallest absolute Gasteiger partial charge is 0.180 e. The second kappa shape index (κ2) is 9.26. The molecule has 25 heavy (non-hydrogen) atoms. The van der Waals surface area contributed by atoms with Gasteiger partial charge in [0.1, 0.15) is 8.07 Å². The summed E-state index contributed by atoms with van der Waals surface area (Å²) in [5.74, 6) is 4.03. The summed E-state index contributed by atoms with van der Waals surface area (Å²) in [7, 11) is -1.37. The number of amidine groups is 1. The topological polar surface area (TPSA) is 50.7 Å². The van der Waals surface area contributed by atoms with Gasteiger partial charge in [-0.2, -0.15) is 5.10 Å². The number of hydrogen-bond donors (Lipinski definition) is 1. The van der Waals surface area contributed by atoms with Crippen LogP contribution in [0.15, 0.2) is 64.8 Å². The second-order valence-corrected chi connectivity index (χ2v) is 12.3. The summed E-state index contributed by atoms with van der Waals surface area (Å²) < 4.78 is 0. The molecule has 0 atom stereocenters. The maximum absolute atomic E-state index is 5.89. The molecule has 128 valence electrons. The van der Waals surface area contributed by atoms with E-state index in [0.29, 0.717) is 5.17 Å². The Morgan fingerprint density at radius 1 is 1.12 bits per heavy atom. The van der Waals surface area contributed by atoms with Crippen LogP contribution in [0, 0.1) is 11.5 Å². The highest BCUT2D eigenvalue weighted by atomic mass is 32.2. The number of nitrogens with two attached hydrogens (primary N) is 1. The van der Waals surface area contributed by atoms with E-state index in [0.717, 1.165) is 16.9 Å². The normalized spacial score (nSPS) is 12.0. The van der Waals surface area contributed by atoms with Gasteiger partial charge in [-0.05, 0) is 23.3 Å². The van der Waals surface area contributed by atoms with Crippen LogP contribution >= 0.6 is 11.8 Å². The molecule has 3 nitrogen and oxygen atoms in total. The van der Waals surface area contributed by atoms with Crippen molar-refractivity contribution in [1.29, 1.82) is 0 Å². The van der Waals surface area contributed by atoms with Gasteiger partial charge < -0.3 is 5.73 Å². The van der Waals surface area contributed by atoms with E-state index in [1.165, 1.54) is 17.3 Å². The summed E-state index contributed by atoms with van der Waals surface area (Å²) >= 11 is 1.47. The van der Waals surface area contributed by atoms with Crippen molar-refractivity contribution in [3.63, 3.8) is 0 Å². The van der Waals surface area contributed by atoms with Gasteiger partial charge in [-0.15, -0.1) is 10.6 Å². The number of hydrogen-bond acceptors (Lipinski definition) is 3. The average molecular weight is 366 g/mol. The lowest BCUT2D eigenvalue weighted by atomic mass is 10.1. The third-order valence-electron chi connectivity index (χ3n) is 3.06. The number of rotatable bonds is 4. The number of thioether (sulfide) groups is 1. The van der Waals surface area contributed by atoms with E-state index in [4.69, 9.17) is 5.73 Å². The highest BCUT2D eigenvalue weighted by Gasteiger charge is 2.07. The number of nitrogens with zero attached hydrogens (tertiary/aromatic N) is 2. The Hall–Kier alpha value is -2.29. The fourth-order valence-corrected chi connectivity index (χ4v) is 3.00. The standard InChI is InChI=1S/C20H23N3SSi/c1-25(2,3)13-12-17-10-7-11-19(14-17)15-22-23-20(21)24-16-18-8-5-4-6-9-18/h4-11,14-15H,16H2,1-3H3,(H2,21,23). The van der Waals surface area contributed by atoms with Gasteiger partial charge in [0.25, 0.3) is 0 Å². The summed E-state index contributed by atoms with van der Waals surface area (Å²) in [6.07, 6.45) is 1.70. The molecule has 0 amide bonds. The lowest BCUT2D eigenvalue weighted by molar-refractivity contribution is 1.25. The molecule has 0 radical (unpaired) electrons. The molecule has 0 bridgehead atoms. The van der Waals surface area contributed by atoms with E-state index in [1.54, 1.807) is 6.21 Å². The highest BCUT2D eigenvalue weighted by Crippen LogP contribution is 2.11. The Labute approximate surface area is 155 Å². The quantitative estimate of drug-likeness (QED) is 0.285. The third kappa shape index (κ3) is 7.88. The summed E-state index contributed by atoms with van der Waals surface area (Å²) in [5.41, 5.74) is 12.4. The Balaban J connectivity index is 1.95. The lowest BCUT2D eigenvalue weighted by Crippen LogP contribution is -2.16. The first-order valence-electron chi connectivity index (χ1n) is 8.09. The first-order valence-corrected chi connectivity index (χ1v) is 12.6. The van der Waals surface area contributed by atoms with Gasteiger partial charge in [-0.1, -0.05) is 79.8 Å². The molecule has 0 aliphatic heterocycles. The SMILES string of the molecule is C[Si](C)(C)C#Cc1cccc(C=NN=C(N)SCc2ccccc2)c1. The molecular weight excluding hydrogens is 342 g/mol. The van der Waals surface area contributed by atoms with Crippen molar-refractivity contribution >= 4 is 31.2 Å². The maximum atomic E-state index is 5.89.